The van der Waals surface area contributed by atoms with E-state index in [4.69, 9.17) is 0 Å². The predicted octanol–water partition coefficient (Wildman–Crippen LogP) is 4.01. The quantitative estimate of drug-likeness (QED) is 0.849. The van der Waals surface area contributed by atoms with Gasteiger partial charge in [0.25, 0.3) is 11.8 Å². The topological polar surface area (TPSA) is 66.7 Å². The molecule has 3 heterocycles. The van der Waals surface area contributed by atoms with Gasteiger partial charge in [-0.1, -0.05) is 58.9 Å². The summed E-state index contributed by atoms with van der Waals surface area (Å²) in [6, 6.07) is 5.24. The van der Waals surface area contributed by atoms with Crippen LogP contribution in [0.25, 0.3) is 5.65 Å². The number of nitrogens with zero attached hydrogens (tertiary/aromatic N) is 3. The first kappa shape index (κ1) is 21.3. The molecular weight excluding hydrogens is 364 g/mol. The van der Waals surface area contributed by atoms with Gasteiger partial charge in [0, 0.05) is 26.3 Å². The van der Waals surface area contributed by atoms with Crippen LogP contribution in [0, 0.1) is 17.8 Å². The van der Waals surface area contributed by atoms with E-state index >= 15 is 0 Å². The lowest BCUT2D eigenvalue weighted by atomic mass is 9.82. The Morgan fingerprint density at radius 2 is 1.83 bits per heavy atom. The van der Waals surface area contributed by atoms with Gasteiger partial charge in [-0.3, -0.25) is 14.0 Å². The molecule has 158 valence electrons. The molecular formula is C23H34N4O2. The molecule has 29 heavy (non-hydrogen) atoms. The first-order valence-electron chi connectivity index (χ1n) is 10.9. The lowest BCUT2D eigenvalue weighted by Crippen LogP contribution is -2.48. The molecule has 2 aromatic heterocycles. The first-order chi connectivity index (χ1) is 13.9. The SMILES string of the molecule is CC(C)C1CCCCC1.CNC(=O)c1cccc2nc(C(=O)N3CC(C)C3)cn12. The van der Waals surface area contributed by atoms with Crippen molar-refractivity contribution in [2.45, 2.75) is 52.9 Å². The van der Waals surface area contributed by atoms with Crippen molar-refractivity contribution in [1.29, 1.82) is 0 Å². The van der Waals surface area contributed by atoms with E-state index in [1.165, 1.54) is 32.1 Å². The van der Waals surface area contributed by atoms with Gasteiger partial charge in [-0.2, -0.15) is 0 Å². The van der Waals surface area contributed by atoms with E-state index in [1.54, 1.807) is 40.7 Å². The Hall–Kier alpha value is -2.37. The first-order valence-corrected chi connectivity index (χ1v) is 10.9. The highest BCUT2D eigenvalue weighted by Gasteiger charge is 2.29. The normalized spacial score (nSPS) is 17.6. The standard InChI is InChI=1S/C14H16N4O2.C9H18/c1-9-6-17(7-9)14(20)10-8-18-11(13(19)15-2)4-3-5-12(18)16-10;1-8(2)9-6-4-3-5-7-9/h3-5,8-9H,6-7H2,1-2H3,(H,15,19);8-9H,3-7H2,1-2H3. The number of rotatable bonds is 3. The average molecular weight is 399 g/mol. The maximum Gasteiger partial charge on any atom is 0.274 e. The second kappa shape index (κ2) is 9.42. The molecule has 6 nitrogen and oxygen atoms in total. The van der Waals surface area contributed by atoms with Gasteiger partial charge >= 0.3 is 0 Å². The van der Waals surface area contributed by atoms with Crippen LogP contribution in [0.3, 0.4) is 0 Å². The van der Waals surface area contributed by atoms with Gasteiger partial charge < -0.3 is 10.2 Å². The Kier molecular flexibility index (Phi) is 6.93. The number of amides is 2. The number of aromatic nitrogens is 2. The number of carbonyl (C=O) groups excluding carboxylic acids is 2. The van der Waals surface area contributed by atoms with Crippen LogP contribution in [0.4, 0.5) is 0 Å². The zero-order valence-electron chi connectivity index (χ0n) is 18.1. The molecule has 2 aromatic rings. The van der Waals surface area contributed by atoms with Crippen LogP contribution in [0.2, 0.25) is 0 Å². The molecule has 1 aliphatic carbocycles. The van der Waals surface area contributed by atoms with Crippen LogP contribution in [-0.2, 0) is 0 Å². The maximum atomic E-state index is 12.2. The summed E-state index contributed by atoms with van der Waals surface area (Å²) < 4.78 is 1.65. The second-order valence-corrected chi connectivity index (χ2v) is 8.80. The molecule has 0 spiro atoms. The summed E-state index contributed by atoms with van der Waals surface area (Å²) >= 11 is 0. The fourth-order valence-electron chi connectivity index (χ4n) is 4.25. The molecule has 0 radical (unpaired) electrons. The fourth-order valence-corrected chi connectivity index (χ4v) is 4.25. The number of carbonyl (C=O) groups is 2. The Bertz CT molecular complexity index is 846. The largest absolute Gasteiger partial charge is 0.354 e. The van der Waals surface area contributed by atoms with Gasteiger partial charge in [0.1, 0.15) is 17.0 Å². The van der Waals surface area contributed by atoms with Gasteiger partial charge in [0.15, 0.2) is 0 Å². The lowest BCUT2D eigenvalue weighted by Gasteiger charge is -2.36. The van der Waals surface area contributed by atoms with Gasteiger partial charge in [0.2, 0.25) is 0 Å². The van der Waals surface area contributed by atoms with E-state index in [0.29, 0.717) is 23.0 Å². The van der Waals surface area contributed by atoms with Crippen LogP contribution in [0.1, 0.15) is 73.9 Å². The van der Waals surface area contributed by atoms with Gasteiger partial charge in [0.05, 0.1) is 0 Å². The summed E-state index contributed by atoms with van der Waals surface area (Å²) in [6.07, 6.45) is 9.09. The minimum Gasteiger partial charge on any atom is -0.354 e. The molecule has 2 aliphatic rings. The Morgan fingerprint density at radius 1 is 1.14 bits per heavy atom. The van der Waals surface area contributed by atoms with Crippen LogP contribution in [0.15, 0.2) is 24.4 Å². The number of nitrogens with one attached hydrogen (secondary N) is 1. The smallest absolute Gasteiger partial charge is 0.274 e. The minimum absolute atomic E-state index is 0.0744. The Labute approximate surface area is 173 Å². The molecule has 6 heteroatoms. The molecule has 2 fully saturated rings. The number of likely N-dealkylation sites (tertiary alicyclic amines) is 1. The van der Waals surface area contributed by atoms with E-state index < -0.39 is 0 Å². The second-order valence-electron chi connectivity index (χ2n) is 8.80. The van der Waals surface area contributed by atoms with Crippen LogP contribution in [0.5, 0.6) is 0 Å². The van der Waals surface area contributed by atoms with Crippen molar-refractivity contribution in [3.8, 4) is 0 Å². The summed E-state index contributed by atoms with van der Waals surface area (Å²) in [6.45, 7) is 8.37. The molecule has 4 rings (SSSR count). The third-order valence-electron chi connectivity index (χ3n) is 6.11. The lowest BCUT2D eigenvalue weighted by molar-refractivity contribution is 0.0525. The summed E-state index contributed by atoms with van der Waals surface area (Å²) in [5, 5.41) is 2.58. The van der Waals surface area contributed by atoms with Crippen molar-refractivity contribution >= 4 is 17.5 Å². The number of hydrogen-bond donors (Lipinski definition) is 1. The zero-order chi connectivity index (χ0) is 21.0. The highest BCUT2D eigenvalue weighted by atomic mass is 16.2. The molecule has 1 saturated heterocycles. The molecule has 1 aliphatic heterocycles. The fraction of sp³-hybridized carbons (Fsp3) is 0.609. The zero-order valence-corrected chi connectivity index (χ0v) is 18.1. The summed E-state index contributed by atoms with van der Waals surface area (Å²) in [5.41, 5.74) is 1.45. The van der Waals surface area contributed by atoms with Crippen molar-refractivity contribution in [2.24, 2.45) is 17.8 Å². The molecule has 0 aromatic carbocycles. The molecule has 0 atom stereocenters. The number of hydrogen-bond acceptors (Lipinski definition) is 3. The van der Waals surface area contributed by atoms with Crippen LogP contribution in [-0.4, -0.2) is 46.2 Å². The number of imidazole rings is 1. The van der Waals surface area contributed by atoms with Gasteiger partial charge in [-0.05, 0) is 29.9 Å². The Balaban J connectivity index is 0.000000224. The van der Waals surface area contributed by atoms with Crippen molar-refractivity contribution in [2.75, 3.05) is 20.1 Å². The predicted molar refractivity (Wildman–Crippen MR) is 115 cm³/mol. The minimum atomic E-state index is -0.204. The molecule has 1 N–H and O–H groups in total. The van der Waals surface area contributed by atoms with Gasteiger partial charge in [-0.25, -0.2) is 4.98 Å². The van der Waals surface area contributed by atoms with E-state index in [-0.39, 0.29) is 11.8 Å². The van der Waals surface area contributed by atoms with E-state index in [2.05, 4.69) is 31.1 Å². The highest BCUT2D eigenvalue weighted by Crippen LogP contribution is 2.29. The maximum absolute atomic E-state index is 12.2. The van der Waals surface area contributed by atoms with Crippen LogP contribution >= 0.6 is 0 Å². The van der Waals surface area contributed by atoms with Gasteiger partial charge in [-0.15, -0.1) is 0 Å². The number of pyridine rings is 1. The molecule has 0 bridgehead atoms. The monoisotopic (exact) mass is 398 g/mol. The molecule has 2 amide bonds. The average Bonchev–Trinajstić information content (AvgIpc) is 3.16. The summed E-state index contributed by atoms with van der Waals surface area (Å²) in [7, 11) is 1.58. The van der Waals surface area contributed by atoms with Crippen molar-refractivity contribution in [3.05, 3.63) is 35.8 Å². The number of fused-ring (bicyclic) bond motifs is 1. The summed E-state index contributed by atoms with van der Waals surface area (Å²) in [5.74, 6) is 2.26. The van der Waals surface area contributed by atoms with Crippen molar-refractivity contribution in [1.82, 2.24) is 19.6 Å². The third-order valence-corrected chi connectivity index (χ3v) is 6.11. The van der Waals surface area contributed by atoms with E-state index in [9.17, 15) is 9.59 Å². The van der Waals surface area contributed by atoms with Crippen molar-refractivity contribution < 1.29 is 9.59 Å². The van der Waals surface area contributed by atoms with E-state index in [1.807, 2.05) is 0 Å². The highest BCUT2D eigenvalue weighted by molar-refractivity contribution is 5.95. The Morgan fingerprint density at radius 3 is 2.38 bits per heavy atom. The third kappa shape index (κ3) is 4.98. The van der Waals surface area contributed by atoms with Crippen LogP contribution < -0.4 is 5.32 Å². The summed E-state index contributed by atoms with van der Waals surface area (Å²) in [4.78, 5) is 30.1. The van der Waals surface area contributed by atoms with Crippen molar-refractivity contribution in [3.63, 3.8) is 0 Å². The van der Waals surface area contributed by atoms with E-state index in [0.717, 1.165) is 24.9 Å². The molecule has 1 saturated carbocycles. The molecule has 0 unspecified atom stereocenters.